The summed E-state index contributed by atoms with van der Waals surface area (Å²) in [7, 11) is 0. The van der Waals surface area contributed by atoms with Crippen LogP contribution in [-0.4, -0.2) is 0 Å². The minimum Gasteiger partial charge on any atom is -0.207 e. The first-order valence-electron chi connectivity index (χ1n) is 11.1. The summed E-state index contributed by atoms with van der Waals surface area (Å²) in [6, 6.07) is 6.90. The fraction of sp³-hybridized carbons (Fsp3) is 0.538. The second kappa shape index (κ2) is 8.35. The van der Waals surface area contributed by atoms with Crippen LogP contribution in [0.4, 0.5) is 8.78 Å². The van der Waals surface area contributed by atoms with E-state index in [0.29, 0.717) is 10.8 Å². The quantitative estimate of drug-likeness (QED) is 0.460. The topological polar surface area (TPSA) is 0 Å². The number of hydrogen-bond acceptors (Lipinski definition) is 0. The molecule has 0 saturated heterocycles. The Labute approximate surface area is 168 Å². The van der Waals surface area contributed by atoms with Gasteiger partial charge in [0, 0.05) is 5.39 Å². The van der Waals surface area contributed by atoms with Gasteiger partial charge in [-0.3, -0.25) is 0 Å². The predicted octanol–water partition coefficient (Wildman–Crippen LogP) is 7.95. The van der Waals surface area contributed by atoms with Gasteiger partial charge in [0.1, 0.15) is 11.6 Å². The van der Waals surface area contributed by atoms with E-state index >= 15 is 4.39 Å². The Balaban J connectivity index is 1.58. The summed E-state index contributed by atoms with van der Waals surface area (Å²) in [5, 5.41) is 1.24. The molecule has 2 saturated carbocycles. The lowest BCUT2D eigenvalue weighted by Gasteiger charge is -2.42. The van der Waals surface area contributed by atoms with Gasteiger partial charge in [-0.25, -0.2) is 8.78 Å². The molecule has 2 heteroatoms. The largest absolute Gasteiger partial charge is 0.207 e. The van der Waals surface area contributed by atoms with E-state index in [9.17, 15) is 4.39 Å². The van der Waals surface area contributed by atoms with Crippen molar-refractivity contribution in [2.45, 2.75) is 70.6 Å². The molecule has 2 unspecified atom stereocenters. The van der Waals surface area contributed by atoms with Crippen LogP contribution >= 0.6 is 0 Å². The van der Waals surface area contributed by atoms with E-state index in [1.807, 2.05) is 12.1 Å². The molecule has 28 heavy (non-hydrogen) atoms. The van der Waals surface area contributed by atoms with E-state index in [1.165, 1.54) is 32.1 Å². The van der Waals surface area contributed by atoms with Gasteiger partial charge < -0.3 is 0 Å². The molecule has 150 valence electrons. The molecule has 0 heterocycles. The summed E-state index contributed by atoms with van der Waals surface area (Å²) in [4.78, 5) is 0. The number of halogens is 2. The van der Waals surface area contributed by atoms with Gasteiger partial charge in [-0.1, -0.05) is 31.9 Å². The third-order valence-electron chi connectivity index (χ3n) is 7.46. The van der Waals surface area contributed by atoms with Crippen molar-refractivity contribution in [2.75, 3.05) is 0 Å². The summed E-state index contributed by atoms with van der Waals surface area (Å²) < 4.78 is 29.8. The third-order valence-corrected chi connectivity index (χ3v) is 7.46. The minimum absolute atomic E-state index is 0.154. The van der Waals surface area contributed by atoms with E-state index in [0.717, 1.165) is 54.6 Å². The zero-order valence-electron chi connectivity index (χ0n) is 17.0. The molecule has 0 radical (unpaired) electrons. The molecule has 0 bridgehead atoms. The van der Waals surface area contributed by atoms with Gasteiger partial charge in [0.25, 0.3) is 0 Å². The summed E-state index contributed by atoms with van der Waals surface area (Å²) >= 11 is 0. The average molecular weight is 383 g/mol. The number of hydrogen-bond donors (Lipinski definition) is 0. The van der Waals surface area contributed by atoms with Crippen LogP contribution in [0.15, 0.2) is 36.9 Å². The Bertz CT molecular complexity index is 853. The molecule has 2 aromatic rings. The Morgan fingerprint density at radius 2 is 1.75 bits per heavy atom. The third kappa shape index (κ3) is 3.88. The van der Waals surface area contributed by atoms with Crippen LogP contribution < -0.4 is 0 Å². The normalized spacial score (nSPS) is 27.5. The van der Waals surface area contributed by atoms with E-state index in [2.05, 4.69) is 13.5 Å². The monoisotopic (exact) mass is 382 g/mol. The zero-order valence-corrected chi connectivity index (χ0v) is 17.0. The molecular formula is C26H32F2. The highest BCUT2D eigenvalue weighted by Crippen LogP contribution is 2.48. The van der Waals surface area contributed by atoms with Crippen LogP contribution in [-0.2, 0) is 6.42 Å². The molecule has 0 aliphatic heterocycles. The fourth-order valence-electron chi connectivity index (χ4n) is 5.78. The molecule has 2 fully saturated rings. The SMILES string of the molecule is C=CCCc1cc(F)c2cc([C@@H]3CC[C@@H]4CC(CC)CCC4C3)c(F)cc2c1. The van der Waals surface area contributed by atoms with Gasteiger partial charge in [0.2, 0.25) is 0 Å². The molecule has 0 aromatic heterocycles. The number of aryl methyl sites for hydroxylation is 1. The minimum atomic E-state index is -0.227. The summed E-state index contributed by atoms with van der Waals surface area (Å²) in [6.45, 7) is 6.03. The molecule has 2 aliphatic rings. The molecule has 2 aromatic carbocycles. The van der Waals surface area contributed by atoms with E-state index in [4.69, 9.17) is 0 Å². The average Bonchev–Trinajstić information content (AvgIpc) is 2.71. The molecule has 4 atom stereocenters. The van der Waals surface area contributed by atoms with Crippen LogP contribution in [0.1, 0.15) is 75.3 Å². The predicted molar refractivity (Wildman–Crippen MR) is 114 cm³/mol. The van der Waals surface area contributed by atoms with E-state index in [1.54, 1.807) is 18.2 Å². The van der Waals surface area contributed by atoms with Crippen molar-refractivity contribution in [3.05, 3.63) is 59.7 Å². The summed E-state index contributed by atoms with van der Waals surface area (Å²) in [6.07, 6.45) is 11.9. The van der Waals surface area contributed by atoms with E-state index in [-0.39, 0.29) is 17.6 Å². The molecule has 0 spiro atoms. The van der Waals surface area contributed by atoms with Crippen molar-refractivity contribution in [1.82, 2.24) is 0 Å². The first kappa shape index (κ1) is 19.6. The highest BCUT2D eigenvalue weighted by molar-refractivity contribution is 5.85. The lowest BCUT2D eigenvalue weighted by molar-refractivity contribution is 0.115. The van der Waals surface area contributed by atoms with E-state index < -0.39 is 0 Å². The molecule has 2 aliphatic carbocycles. The number of benzene rings is 2. The van der Waals surface area contributed by atoms with Gasteiger partial charge >= 0.3 is 0 Å². The fourth-order valence-corrected chi connectivity index (χ4v) is 5.78. The van der Waals surface area contributed by atoms with Crippen molar-refractivity contribution >= 4 is 10.8 Å². The van der Waals surface area contributed by atoms with Crippen molar-refractivity contribution in [3.8, 4) is 0 Å². The molecule has 0 N–H and O–H groups in total. The summed E-state index contributed by atoms with van der Waals surface area (Å²) in [5.74, 6) is 2.29. The van der Waals surface area contributed by atoms with Gasteiger partial charge in [-0.05, 0) is 103 Å². The van der Waals surface area contributed by atoms with Crippen LogP contribution in [0, 0.1) is 29.4 Å². The smallest absolute Gasteiger partial charge is 0.131 e. The Morgan fingerprint density at radius 1 is 0.964 bits per heavy atom. The van der Waals surface area contributed by atoms with Crippen molar-refractivity contribution in [1.29, 1.82) is 0 Å². The van der Waals surface area contributed by atoms with Crippen LogP contribution in [0.3, 0.4) is 0 Å². The highest BCUT2D eigenvalue weighted by atomic mass is 19.1. The van der Waals surface area contributed by atoms with Gasteiger partial charge in [-0.15, -0.1) is 6.58 Å². The zero-order chi connectivity index (χ0) is 19.7. The number of allylic oxidation sites excluding steroid dienone is 1. The van der Waals surface area contributed by atoms with Crippen LogP contribution in [0.2, 0.25) is 0 Å². The highest BCUT2D eigenvalue weighted by Gasteiger charge is 2.36. The maximum atomic E-state index is 15.0. The number of fused-ring (bicyclic) bond motifs is 2. The van der Waals surface area contributed by atoms with Crippen molar-refractivity contribution in [3.63, 3.8) is 0 Å². The summed E-state index contributed by atoms with van der Waals surface area (Å²) in [5.41, 5.74) is 1.64. The molecule has 4 rings (SSSR count). The van der Waals surface area contributed by atoms with Gasteiger partial charge in [-0.2, -0.15) is 0 Å². The van der Waals surface area contributed by atoms with Crippen molar-refractivity contribution < 1.29 is 8.78 Å². The first-order valence-corrected chi connectivity index (χ1v) is 11.1. The second-order valence-electron chi connectivity index (χ2n) is 9.12. The van der Waals surface area contributed by atoms with Gasteiger partial charge in [0.15, 0.2) is 0 Å². The first-order chi connectivity index (χ1) is 13.6. The standard InChI is InChI=1S/C26H32F2/c1-3-5-6-18-12-22-15-26(28)23(16-24(22)25(27)13-18)21-10-9-19-11-17(4-2)7-8-20(19)14-21/h3,12-13,15-17,19-21H,1,4-11,14H2,2H3/t17?,19-,20?,21-/m1/s1. The Kier molecular flexibility index (Phi) is 5.85. The Morgan fingerprint density at radius 3 is 2.54 bits per heavy atom. The van der Waals surface area contributed by atoms with Crippen LogP contribution in [0.5, 0.6) is 0 Å². The van der Waals surface area contributed by atoms with Gasteiger partial charge in [0.05, 0.1) is 0 Å². The Hall–Kier alpha value is -1.70. The lowest BCUT2D eigenvalue weighted by Crippen LogP contribution is -2.30. The molecule has 0 amide bonds. The maximum Gasteiger partial charge on any atom is 0.131 e. The lowest BCUT2D eigenvalue weighted by atomic mass is 9.63. The van der Waals surface area contributed by atoms with Crippen molar-refractivity contribution in [2.24, 2.45) is 17.8 Å². The molecule has 0 nitrogen and oxygen atoms in total. The number of rotatable bonds is 5. The maximum absolute atomic E-state index is 15.0. The van der Waals surface area contributed by atoms with Crippen LogP contribution in [0.25, 0.3) is 10.8 Å². The second-order valence-corrected chi connectivity index (χ2v) is 9.12. The molecular weight excluding hydrogens is 350 g/mol.